The molecule has 0 bridgehead atoms. The van der Waals surface area contributed by atoms with Gasteiger partial charge in [-0.25, -0.2) is 17.9 Å². The Balaban J connectivity index is 1.80. The predicted octanol–water partition coefficient (Wildman–Crippen LogP) is 3.79. The van der Waals surface area contributed by atoms with E-state index in [1.807, 2.05) is 0 Å². The fourth-order valence-electron chi connectivity index (χ4n) is 2.68. The lowest BCUT2D eigenvalue weighted by Crippen LogP contribution is -2.24. The SMILES string of the molecule is C=CCNS(=O)(=O)c1cccc(C(=O)Nc2ccc3sc(C(=O)OCC)cc3c2)c1. The van der Waals surface area contributed by atoms with Crippen LogP contribution in [-0.4, -0.2) is 33.4 Å². The molecule has 0 radical (unpaired) electrons. The maximum absolute atomic E-state index is 12.6. The average molecular weight is 445 g/mol. The lowest BCUT2D eigenvalue weighted by Gasteiger charge is -2.08. The van der Waals surface area contributed by atoms with Gasteiger partial charge in [-0.2, -0.15) is 0 Å². The van der Waals surface area contributed by atoms with Crippen LogP contribution in [-0.2, 0) is 14.8 Å². The lowest BCUT2D eigenvalue weighted by atomic mass is 10.2. The Morgan fingerprint density at radius 1 is 1.17 bits per heavy atom. The minimum Gasteiger partial charge on any atom is -0.462 e. The van der Waals surface area contributed by atoms with Gasteiger partial charge in [-0.15, -0.1) is 17.9 Å². The summed E-state index contributed by atoms with van der Waals surface area (Å²) in [6.07, 6.45) is 1.43. The summed E-state index contributed by atoms with van der Waals surface area (Å²) in [5, 5.41) is 3.55. The van der Waals surface area contributed by atoms with E-state index < -0.39 is 15.9 Å². The van der Waals surface area contributed by atoms with Crippen molar-refractivity contribution in [3.63, 3.8) is 0 Å². The van der Waals surface area contributed by atoms with Crippen LogP contribution < -0.4 is 10.0 Å². The molecular weight excluding hydrogens is 424 g/mol. The quantitative estimate of drug-likeness (QED) is 0.407. The van der Waals surface area contributed by atoms with Gasteiger partial charge in [0.25, 0.3) is 5.91 Å². The fourth-order valence-corrected chi connectivity index (χ4v) is 4.66. The van der Waals surface area contributed by atoms with E-state index in [1.165, 1.54) is 41.7 Å². The number of nitrogens with one attached hydrogen (secondary N) is 2. The van der Waals surface area contributed by atoms with Gasteiger partial charge in [-0.3, -0.25) is 4.79 Å². The summed E-state index contributed by atoms with van der Waals surface area (Å²) in [4.78, 5) is 25.0. The zero-order chi connectivity index (χ0) is 21.7. The number of carbonyl (C=O) groups is 2. The number of rotatable bonds is 8. The molecule has 0 atom stereocenters. The molecule has 7 nitrogen and oxygen atoms in total. The highest BCUT2D eigenvalue weighted by Gasteiger charge is 2.16. The molecule has 0 aliphatic carbocycles. The van der Waals surface area contributed by atoms with Crippen LogP contribution in [0.5, 0.6) is 0 Å². The van der Waals surface area contributed by atoms with Gasteiger partial charge in [0, 0.05) is 22.5 Å². The van der Waals surface area contributed by atoms with Crippen LogP contribution in [0, 0.1) is 0 Å². The first kappa shape index (κ1) is 21.7. The van der Waals surface area contributed by atoms with Crippen molar-refractivity contribution < 1.29 is 22.7 Å². The van der Waals surface area contributed by atoms with E-state index in [1.54, 1.807) is 31.2 Å². The number of benzene rings is 2. The topological polar surface area (TPSA) is 102 Å². The Morgan fingerprint density at radius 2 is 1.97 bits per heavy atom. The molecule has 156 valence electrons. The molecule has 0 unspecified atom stereocenters. The first-order chi connectivity index (χ1) is 14.3. The summed E-state index contributed by atoms with van der Waals surface area (Å²) in [5.74, 6) is -0.830. The van der Waals surface area contributed by atoms with Crippen molar-refractivity contribution in [3.05, 3.63) is 71.6 Å². The minimum absolute atomic E-state index is 0.00985. The van der Waals surface area contributed by atoms with Crippen LogP contribution in [0.2, 0.25) is 0 Å². The Bertz CT molecular complexity index is 1220. The van der Waals surface area contributed by atoms with Crippen LogP contribution >= 0.6 is 11.3 Å². The number of sulfonamides is 1. The second-order valence-electron chi connectivity index (χ2n) is 6.21. The Hall–Kier alpha value is -3.01. The Morgan fingerprint density at radius 3 is 2.70 bits per heavy atom. The molecule has 0 aliphatic rings. The Labute approximate surface area is 178 Å². The van der Waals surface area contributed by atoms with E-state index in [2.05, 4.69) is 16.6 Å². The highest BCUT2D eigenvalue weighted by Crippen LogP contribution is 2.29. The van der Waals surface area contributed by atoms with Crippen LogP contribution in [0.4, 0.5) is 5.69 Å². The smallest absolute Gasteiger partial charge is 0.348 e. The highest BCUT2D eigenvalue weighted by molar-refractivity contribution is 7.89. The summed E-state index contributed by atoms with van der Waals surface area (Å²) >= 11 is 1.31. The van der Waals surface area contributed by atoms with Gasteiger partial charge in [0.2, 0.25) is 10.0 Å². The highest BCUT2D eigenvalue weighted by atomic mass is 32.2. The van der Waals surface area contributed by atoms with Crippen LogP contribution in [0.3, 0.4) is 0 Å². The molecule has 0 saturated heterocycles. The molecule has 0 aliphatic heterocycles. The molecule has 0 saturated carbocycles. The summed E-state index contributed by atoms with van der Waals surface area (Å²) in [7, 11) is -3.73. The van der Waals surface area contributed by atoms with Crippen LogP contribution in [0.1, 0.15) is 27.0 Å². The molecular formula is C21H20N2O5S2. The number of carbonyl (C=O) groups excluding carboxylic acids is 2. The molecule has 2 aromatic carbocycles. The molecule has 30 heavy (non-hydrogen) atoms. The minimum atomic E-state index is -3.73. The van der Waals surface area contributed by atoms with Crippen LogP contribution in [0.25, 0.3) is 10.1 Å². The van der Waals surface area contributed by atoms with Crippen molar-refractivity contribution in [2.24, 2.45) is 0 Å². The third kappa shape index (κ3) is 4.93. The average Bonchev–Trinajstić information content (AvgIpc) is 3.16. The van der Waals surface area contributed by atoms with Crippen molar-refractivity contribution in [1.82, 2.24) is 4.72 Å². The van der Waals surface area contributed by atoms with Gasteiger partial charge in [-0.1, -0.05) is 12.1 Å². The van der Waals surface area contributed by atoms with Crippen molar-refractivity contribution in [3.8, 4) is 0 Å². The maximum Gasteiger partial charge on any atom is 0.348 e. The summed E-state index contributed by atoms with van der Waals surface area (Å²) in [6, 6.07) is 12.7. The van der Waals surface area contributed by atoms with Gasteiger partial charge in [-0.05, 0) is 54.8 Å². The van der Waals surface area contributed by atoms with E-state index in [-0.39, 0.29) is 23.0 Å². The summed E-state index contributed by atoms with van der Waals surface area (Å²) < 4.78 is 32.8. The molecule has 0 spiro atoms. The van der Waals surface area contributed by atoms with E-state index in [0.29, 0.717) is 17.2 Å². The third-order valence-corrected chi connectivity index (χ3v) is 6.59. The van der Waals surface area contributed by atoms with Gasteiger partial charge >= 0.3 is 5.97 Å². The number of thiophene rings is 1. The standard InChI is InChI=1S/C21H20N2O5S2/c1-3-10-22-30(26,27)17-7-5-6-14(12-17)20(24)23-16-8-9-18-15(11-16)13-19(29-18)21(25)28-4-2/h3,5-9,11-13,22H,1,4,10H2,2H3,(H,23,24). The molecule has 1 heterocycles. The van der Waals surface area contributed by atoms with Gasteiger partial charge in [0.05, 0.1) is 11.5 Å². The monoisotopic (exact) mass is 444 g/mol. The normalized spacial score (nSPS) is 11.2. The van der Waals surface area contributed by atoms with E-state index in [9.17, 15) is 18.0 Å². The van der Waals surface area contributed by atoms with Crippen molar-refractivity contribution >= 4 is 49.0 Å². The number of ether oxygens (including phenoxy) is 1. The van der Waals surface area contributed by atoms with E-state index in [4.69, 9.17) is 4.74 Å². The number of hydrogen-bond donors (Lipinski definition) is 2. The largest absolute Gasteiger partial charge is 0.462 e. The van der Waals surface area contributed by atoms with Gasteiger partial charge < -0.3 is 10.1 Å². The maximum atomic E-state index is 12.6. The first-order valence-corrected chi connectivity index (χ1v) is 11.4. The van der Waals surface area contributed by atoms with Crippen LogP contribution in [0.15, 0.2) is 66.1 Å². The molecule has 1 aromatic heterocycles. The second kappa shape index (κ2) is 9.21. The number of fused-ring (bicyclic) bond motifs is 1. The second-order valence-corrected chi connectivity index (χ2v) is 9.06. The van der Waals surface area contributed by atoms with E-state index in [0.717, 1.165) is 10.1 Å². The predicted molar refractivity (Wildman–Crippen MR) is 118 cm³/mol. The zero-order valence-corrected chi connectivity index (χ0v) is 17.8. The third-order valence-electron chi connectivity index (χ3n) is 4.07. The number of hydrogen-bond acceptors (Lipinski definition) is 6. The number of anilines is 1. The molecule has 0 fully saturated rings. The van der Waals surface area contributed by atoms with Crippen molar-refractivity contribution in [2.45, 2.75) is 11.8 Å². The number of esters is 1. The molecule has 2 N–H and O–H groups in total. The van der Waals surface area contributed by atoms with E-state index >= 15 is 0 Å². The Kier molecular flexibility index (Phi) is 6.66. The number of amides is 1. The van der Waals surface area contributed by atoms with Gasteiger partial charge in [0.15, 0.2) is 0 Å². The molecule has 9 heteroatoms. The first-order valence-electron chi connectivity index (χ1n) is 9.06. The van der Waals surface area contributed by atoms with Gasteiger partial charge in [0.1, 0.15) is 4.88 Å². The van der Waals surface area contributed by atoms with Crippen molar-refractivity contribution in [1.29, 1.82) is 0 Å². The molecule has 1 amide bonds. The summed E-state index contributed by atoms with van der Waals surface area (Å²) in [5.41, 5.74) is 0.729. The fraction of sp³-hybridized carbons (Fsp3) is 0.143. The van der Waals surface area contributed by atoms with Crippen molar-refractivity contribution in [2.75, 3.05) is 18.5 Å². The molecule has 3 aromatic rings. The molecule has 3 rings (SSSR count). The zero-order valence-electron chi connectivity index (χ0n) is 16.2. The lowest BCUT2D eigenvalue weighted by molar-refractivity contribution is 0.0532. The summed E-state index contributed by atoms with van der Waals surface area (Å²) in [6.45, 7) is 5.61.